The number of hydrogen-bond acceptors (Lipinski definition) is 2. The first kappa shape index (κ1) is 17.0. The van der Waals surface area contributed by atoms with Gasteiger partial charge in [0.15, 0.2) is 0 Å². The molecule has 1 N–H and O–H groups in total. The molecule has 24 heavy (non-hydrogen) atoms. The number of hydrogen-bond donors (Lipinski definition) is 1. The lowest BCUT2D eigenvalue weighted by atomic mass is 9.92. The second-order valence-corrected chi connectivity index (χ2v) is 7.31. The first-order valence-corrected chi connectivity index (χ1v) is 9.20. The van der Waals surface area contributed by atoms with E-state index in [2.05, 4.69) is 29.6 Å². The van der Waals surface area contributed by atoms with Crippen molar-refractivity contribution in [3.8, 4) is 0 Å². The zero-order valence-electron chi connectivity index (χ0n) is 14.5. The van der Waals surface area contributed by atoms with E-state index in [0.717, 1.165) is 38.9 Å². The summed E-state index contributed by atoms with van der Waals surface area (Å²) in [6.07, 6.45) is 4.82. The first-order valence-electron chi connectivity index (χ1n) is 9.20. The Labute approximate surface area is 144 Å². The second kappa shape index (κ2) is 7.82. The van der Waals surface area contributed by atoms with Gasteiger partial charge in [0.25, 0.3) is 0 Å². The predicted octanol–water partition coefficient (Wildman–Crippen LogP) is 2.95. The highest BCUT2D eigenvalue weighted by Gasteiger charge is 2.37. The molecule has 130 valence electrons. The van der Waals surface area contributed by atoms with Crippen molar-refractivity contribution < 1.29 is 9.59 Å². The Hall–Kier alpha value is -1.84. The van der Waals surface area contributed by atoms with Crippen LogP contribution in [0.3, 0.4) is 0 Å². The van der Waals surface area contributed by atoms with Crippen molar-refractivity contribution in [3.05, 3.63) is 35.9 Å². The summed E-state index contributed by atoms with van der Waals surface area (Å²) < 4.78 is 0. The van der Waals surface area contributed by atoms with E-state index in [1.165, 1.54) is 12.0 Å². The third-order valence-corrected chi connectivity index (χ3v) is 5.55. The quantitative estimate of drug-likeness (QED) is 0.873. The third-order valence-electron chi connectivity index (χ3n) is 5.55. The monoisotopic (exact) mass is 328 g/mol. The standard InChI is InChI=1S/C20H28N2O2/c1-15(23)22-11-9-16(10-12-22)7-8-20(24)21-14-18-13-19(18)17-5-3-2-4-6-17/h2-6,16,18-19H,7-14H2,1H3,(H,21,24)/t18-,19-/m0/s1. The van der Waals surface area contributed by atoms with Crippen LogP contribution >= 0.6 is 0 Å². The summed E-state index contributed by atoms with van der Waals surface area (Å²) in [6, 6.07) is 10.6. The molecular formula is C20H28N2O2. The molecule has 4 heteroatoms. The molecule has 1 saturated heterocycles. The maximum absolute atomic E-state index is 12.1. The van der Waals surface area contributed by atoms with Gasteiger partial charge in [-0.25, -0.2) is 0 Å². The van der Waals surface area contributed by atoms with E-state index in [9.17, 15) is 9.59 Å². The fourth-order valence-electron chi connectivity index (χ4n) is 3.79. The lowest BCUT2D eigenvalue weighted by molar-refractivity contribution is -0.130. The van der Waals surface area contributed by atoms with Gasteiger partial charge in [0, 0.05) is 33.0 Å². The first-order chi connectivity index (χ1) is 11.6. The molecule has 2 atom stereocenters. The molecule has 2 fully saturated rings. The summed E-state index contributed by atoms with van der Waals surface area (Å²) in [7, 11) is 0. The highest BCUT2D eigenvalue weighted by molar-refractivity contribution is 5.76. The Kier molecular flexibility index (Phi) is 5.54. The Morgan fingerprint density at radius 3 is 2.54 bits per heavy atom. The highest BCUT2D eigenvalue weighted by Crippen LogP contribution is 2.46. The molecule has 0 unspecified atom stereocenters. The van der Waals surface area contributed by atoms with Crippen molar-refractivity contribution in [1.82, 2.24) is 10.2 Å². The van der Waals surface area contributed by atoms with E-state index < -0.39 is 0 Å². The molecule has 1 aromatic rings. The smallest absolute Gasteiger partial charge is 0.220 e. The molecule has 1 aliphatic carbocycles. The zero-order valence-corrected chi connectivity index (χ0v) is 14.5. The fraction of sp³-hybridized carbons (Fsp3) is 0.600. The van der Waals surface area contributed by atoms with Crippen molar-refractivity contribution in [3.63, 3.8) is 0 Å². The summed E-state index contributed by atoms with van der Waals surface area (Å²) in [5, 5.41) is 3.11. The Bertz CT molecular complexity index is 564. The number of benzene rings is 1. The van der Waals surface area contributed by atoms with Gasteiger partial charge in [0.2, 0.25) is 11.8 Å². The van der Waals surface area contributed by atoms with Gasteiger partial charge >= 0.3 is 0 Å². The van der Waals surface area contributed by atoms with Gasteiger partial charge in [0.1, 0.15) is 0 Å². The van der Waals surface area contributed by atoms with E-state index in [1.807, 2.05) is 11.0 Å². The Balaban J connectivity index is 1.30. The van der Waals surface area contributed by atoms with E-state index in [1.54, 1.807) is 6.92 Å². The predicted molar refractivity (Wildman–Crippen MR) is 94.5 cm³/mol. The van der Waals surface area contributed by atoms with Gasteiger partial charge in [0.05, 0.1) is 0 Å². The third kappa shape index (κ3) is 4.59. The minimum absolute atomic E-state index is 0.170. The number of carbonyl (C=O) groups excluding carboxylic acids is 2. The Morgan fingerprint density at radius 2 is 1.88 bits per heavy atom. The largest absolute Gasteiger partial charge is 0.356 e. The normalized spacial score (nSPS) is 23.8. The number of likely N-dealkylation sites (tertiary alicyclic amines) is 1. The summed E-state index contributed by atoms with van der Waals surface area (Å²) >= 11 is 0. The molecule has 0 aromatic heterocycles. The average molecular weight is 328 g/mol. The van der Waals surface area contributed by atoms with Crippen LogP contribution in [0.4, 0.5) is 0 Å². The number of rotatable bonds is 6. The van der Waals surface area contributed by atoms with Crippen LogP contribution in [0.2, 0.25) is 0 Å². The van der Waals surface area contributed by atoms with Crippen molar-refractivity contribution in [1.29, 1.82) is 0 Å². The minimum atomic E-state index is 0.170. The van der Waals surface area contributed by atoms with Crippen LogP contribution in [0.15, 0.2) is 30.3 Å². The van der Waals surface area contributed by atoms with Crippen LogP contribution in [0.1, 0.15) is 50.5 Å². The molecule has 0 bridgehead atoms. The number of nitrogens with zero attached hydrogens (tertiary/aromatic N) is 1. The lowest BCUT2D eigenvalue weighted by Crippen LogP contribution is -2.37. The molecule has 0 spiro atoms. The van der Waals surface area contributed by atoms with Crippen LogP contribution in [-0.4, -0.2) is 36.3 Å². The lowest BCUT2D eigenvalue weighted by Gasteiger charge is -2.31. The van der Waals surface area contributed by atoms with Crippen molar-refractivity contribution in [2.24, 2.45) is 11.8 Å². The molecule has 1 heterocycles. The van der Waals surface area contributed by atoms with Crippen molar-refractivity contribution >= 4 is 11.8 Å². The molecule has 2 amide bonds. The topological polar surface area (TPSA) is 49.4 Å². The average Bonchev–Trinajstić information content (AvgIpc) is 3.39. The van der Waals surface area contributed by atoms with Crippen molar-refractivity contribution in [2.75, 3.05) is 19.6 Å². The van der Waals surface area contributed by atoms with Gasteiger partial charge in [-0.15, -0.1) is 0 Å². The molecule has 3 rings (SSSR count). The summed E-state index contributed by atoms with van der Waals surface area (Å²) in [4.78, 5) is 25.3. The fourth-order valence-corrected chi connectivity index (χ4v) is 3.79. The van der Waals surface area contributed by atoms with E-state index in [0.29, 0.717) is 24.2 Å². The van der Waals surface area contributed by atoms with Crippen LogP contribution in [0.5, 0.6) is 0 Å². The Morgan fingerprint density at radius 1 is 1.17 bits per heavy atom. The van der Waals surface area contributed by atoms with E-state index in [4.69, 9.17) is 0 Å². The van der Waals surface area contributed by atoms with Gasteiger partial charge in [-0.05, 0) is 49.0 Å². The molecule has 1 aliphatic heterocycles. The number of nitrogens with one attached hydrogen (secondary N) is 1. The second-order valence-electron chi connectivity index (χ2n) is 7.31. The molecule has 2 aliphatic rings. The SMILES string of the molecule is CC(=O)N1CCC(CCC(=O)NC[C@@H]2C[C@H]2c2ccccc2)CC1. The van der Waals surface area contributed by atoms with Gasteiger partial charge in [-0.2, -0.15) is 0 Å². The number of carbonyl (C=O) groups is 2. The maximum Gasteiger partial charge on any atom is 0.220 e. The molecule has 0 radical (unpaired) electrons. The highest BCUT2D eigenvalue weighted by atomic mass is 16.2. The maximum atomic E-state index is 12.1. The number of amides is 2. The summed E-state index contributed by atoms with van der Waals surface area (Å²) in [5.74, 6) is 2.17. The van der Waals surface area contributed by atoms with Gasteiger partial charge < -0.3 is 10.2 Å². The van der Waals surface area contributed by atoms with Gasteiger partial charge in [-0.3, -0.25) is 9.59 Å². The molecule has 1 aromatic carbocycles. The van der Waals surface area contributed by atoms with E-state index in [-0.39, 0.29) is 11.8 Å². The molecule has 1 saturated carbocycles. The van der Waals surface area contributed by atoms with Crippen LogP contribution in [-0.2, 0) is 9.59 Å². The van der Waals surface area contributed by atoms with Crippen LogP contribution in [0, 0.1) is 11.8 Å². The minimum Gasteiger partial charge on any atom is -0.356 e. The summed E-state index contributed by atoms with van der Waals surface area (Å²) in [5.41, 5.74) is 1.40. The van der Waals surface area contributed by atoms with Crippen LogP contribution < -0.4 is 5.32 Å². The summed E-state index contributed by atoms with van der Waals surface area (Å²) in [6.45, 7) is 4.14. The van der Waals surface area contributed by atoms with E-state index >= 15 is 0 Å². The zero-order chi connectivity index (χ0) is 16.9. The number of piperidine rings is 1. The van der Waals surface area contributed by atoms with Crippen molar-refractivity contribution in [2.45, 2.75) is 44.9 Å². The molecular weight excluding hydrogens is 300 g/mol. The molecule has 4 nitrogen and oxygen atoms in total. The van der Waals surface area contributed by atoms with Gasteiger partial charge in [-0.1, -0.05) is 30.3 Å². The van der Waals surface area contributed by atoms with Crippen LogP contribution in [0.25, 0.3) is 0 Å².